The van der Waals surface area contributed by atoms with Crippen LogP contribution in [0.15, 0.2) is 0 Å². The Morgan fingerprint density at radius 1 is 1.36 bits per heavy atom. The summed E-state index contributed by atoms with van der Waals surface area (Å²) in [5.74, 6) is -0.928. The van der Waals surface area contributed by atoms with Gasteiger partial charge in [-0.15, -0.1) is 0 Å². The number of carboxylic acids is 1. The second-order valence-electron chi connectivity index (χ2n) is 3.39. The van der Waals surface area contributed by atoms with Crippen LogP contribution in [0.1, 0.15) is 33.1 Å². The molecule has 4 heteroatoms. The summed E-state index contributed by atoms with van der Waals surface area (Å²) in [6.07, 6.45) is 1.22. The van der Waals surface area contributed by atoms with E-state index in [0.29, 0.717) is 19.4 Å². The van der Waals surface area contributed by atoms with Crippen molar-refractivity contribution in [3.63, 3.8) is 0 Å². The third kappa shape index (κ3) is 4.25. The van der Waals surface area contributed by atoms with Crippen molar-refractivity contribution < 1.29 is 14.7 Å². The fourth-order valence-electron chi connectivity index (χ4n) is 1.27. The van der Waals surface area contributed by atoms with E-state index in [2.05, 4.69) is 0 Å². The van der Waals surface area contributed by atoms with E-state index in [4.69, 9.17) is 5.11 Å². The molecule has 0 aliphatic carbocycles. The summed E-state index contributed by atoms with van der Waals surface area (Å²) in [6.45, 7) is 4.48. The van der Waals surface area contributed by atoms with Gasteiger partial charge < -0.3 is 10.0 Å². The minimum atomic E-state index is -0.838. The van der Waals surface area contributed by atoms with Crippen LogP contribution in [-0.4, -0.2) is 35.5 Å². The molecule has 1 amide bonds. The first-order valence-electron chi connectivity index (χ1n) is 4.99. The summed E-state index contributed by atoms with van der Waals surface area (Å²) in [5.41, 5.74) is 0. The van der Waals surface area contributed by atoms with Crippen molar-refractivity contribution in [1.82, 2.24) is 4.90 Å². The highest BCUT2D eigenvalue weighted by molar-refractivity contribution is 5.79. The Labute approximate surface area is 84.9 Å². The van der Waals surface area contributed by atoms with Crippen LogP contribution >= 0.6 is 0 Å². The first-order chi connectivity index (χ1) is 6.52. The van der Waals surface area contributed by atoms with Crippen LogP contribution in [0, 0.1) is 5.92 Å². The molecule has 0 aliphatic heterocycles. The van der Waals surface area contributed by atoms with Gasteiger partial charge in [-0.2, -0.15) is 0 Å². The summed E-state index contributed by atoms with van der Waals surface area (Å²) >= 11 is 0. The standard InChI is InChI=1S/C10H19NO3/c1-4-8(6-7-9(12)13)10(14)11(3)5-2/h8H,4-7H2,1-3H3,(H,12,13)/t8-/m0/s1. The minimum Gasteiger partial charge on any atom is -0.481 e. The second-order valence-corrected chi connectivity index (χ2v) is 3.39. The van der Waals surface area contributed by atoms with Crippen LogP contribution in [0.2, 0.25) is 0 Å². The monoisotopic (exact) mass is 201 g/mol. The van der Waals surface area contributed by atoms with E-state index >= 15 is 0 Å². The summed E-state index contributed by atoms with van der Waals surface area (Å²) in [6, 6.07) is 0. The van der Waals surface area contributed by atoms with Gasteiger partial charge in [0.15, 0.2) is 0 Å². The van der Waals surface area contributed by atoms with Gasteiger partial charge >= 0.3 is 5.97 Å². The van der Waals surface area contributed by atoms with E-state index in [9.17, 15) is 9.59 Å². The van der Waals surface area contributed by atoms with E-state index in [0.717, 1.165) is 0 Å². The SMILES string of the molecule is CC[C@@H](CCC(=O)O)C(=O)N(C)CC. The van der Waals surface area contributed by atoms with E-state index in [-0.39, 0.29) is 18.2 Å². The van der Waals surface area contributed by atoms with E-state index in [1.807, 2.05) is 13.8 Å². The van der Waals surface area contributed by atoms with Gasteiger partial charge in [0.25, 0.3) is 0 Å². The first-order valence-corrected chi connectivity index (χ1v) is 4.99. The molecule has 14 heavy (non-hydrogen) atoms. The molecule has 0 spiro atoms. The lowest BCUT2D eigenvalue weighted by molar-refractivity contribution is -0.138. The molecule has 0 heterocycles. The van der Waals surface area contributed by atoms with Crippen molar-refractivity contribution in [1.29, 1.82) is 0 Å². The topological polar surface area (TPSA) is 57.6 Å². The Hall–Kier alpha value is -1.06. The highest BCUT2D eigenvalue weighted by atomic mass is 16.4. The first kappa shape index (κ1) is 12.9. The number of aliphatic carboxylic acids is 1. The van der Waals surface area contributed by atoms with Crippen molar-refractivity contribution in [2.24, 2.45) is 5.92 Å². The van der Waals surface area contributed by atoms with E-state index in [1.165, 1.54) is 0 Å². The Morgan fingerprint density at radius 2 is 1.93 bits per heavy atom. The zero-order valence-electron chi connectivity index (χ0n) is 9.12. The summed E-state index contributed by atoms with van der Waals surface area (Å²) in [7, 11) is 1.74. The van der Waals surface area contributed by atoms with Gasteiger partial charge in [-0.3, -0.25) is 9.59 Å². The Kier molecular flexibility index (Phi) is 5.92. The Bertz CT molecular complexity index is 204. The maximum absolute atomic E-state index is 11.7. The smallest absolute Gasteiger partial charge is 0.303 e. The van der Waals surface area contributed by atoms with Gasteiger partial charge in [-0.1, -0.05) is 6.92 Å². The van der Waals surface area contributed by atoms with Gasteiger partial charge in [0.2, 0.25) is 5.91 Å². The second kappa shape index (κ2) is 6.40. The molecular formula is C10H19NO3. The molecule has 1 N–H and O–H groups in total. The molecular weight excluding hydrogens is 182 g/mol. The average Bonchev–Trinajstić information content (AvgIpc) is 2.16. The summed E-state index contributed by atoms with van der Waals surface area (Å²) in [4.78, 5) is 23.6. The van der Waals surface area contributed by atoms with Crippen molar-refractivity contribution in [2.45, 2.75) is 33.1 Å². The maximum atomic E-state index is 11.7. The minimum absolute atomic E-state index is 0.0521. The maximum Gasteiger partial charge on any atom is 0.303 e. The van der Waals surface area contributed by atoms with Crippen LogP contribution < -0.4 is 0 Å². The van der Waals surface area contributed by atoms with Crippen molar-refractivity contribution in [2.75, 3.05) is 13.6 Å². The average molecular weight is 201 g/mol. The van der Waals surface area contributed by atoms with Gasteiger partial charge in [0, 0.05) is 25.9 Å². The molecule has 0 saturated heterocycles. The van der Waals surface area contributed by atoms with Crippen LogP contribution in [0.25, 0.3) is 0 Å². The fourth-order valence-corrected chi connectivity index (χ4v) is 1.27. The van der Waals surface area contributed by atoms with E-state index < -0.39 is 5.97 Å². The molecule has 4 nitrogen and oxygen atoms in total. The van der Waals surface area contributed by atoms with Crippen LogP contribution in [0.4, 0.5) is 0 Å². The van der Waals surface area contributed by atoms with E-state index in [1.54, 1.807) is 11.9 Å². The molecule has 0 aromatic carbocycles. The quantitative estimate of drug-likeness (QED) is 0.705. The van der Waals surface area contributed by atoms with Crippen LogP contribution in [0.5, 0.6) is 0 Å². The Balaban J connectivity index is 4.12. The van der Waals surface area contributed by atoms with Crippen molar-refractivity contribution >= 4 is 11.9 Å². The highest BCUT2D eigenvalue weighted by Gasteiger charge is 2.19. The van der Waals surface area contributed by atoms with Gasteiger partial charge in [-0.05, 0) is 19.8 Å². The van der Waals surface area contributed by atoms with Gasteiger partial charge in [0.1, 0.15) is 0 Å². The van der Waals surface area contributed by atoms with Gasteiger partial charge in [0.05, 0.1) is 0 Å². The molecule has 82 valence electrons. The number of carbonyl (C=O) groups excluding carboxylic acids is 1. The molecule has 0 saturated carbocycles. The number of nitrogens with zero attached hydrogens (tertiary/aromatic N) is 1. The lowest BCUT2D eigenvalue weighted by atomic mass is 9.99. The van der Waals surface area contributed by atoms with Crippen LogP contribution in [-0.2, 0) is 9.59 Å². The third-order valence-corrected chi connectivity index (χ3v) is 2.40. The number of carboxylic acid groups (broad SMARTS) is 1. The Morgan fingerprint density at radius 3 is 2.29 bits per heavy atom. The molecule has 1 atom stereocenters. The zero-order valence-corrected chi connectivity index (χ0v) is 9.12. The molecule has 0 aliphatic rings. The number of hydrogen-bond acceptors (Lipinski definition) is 2. The lowest BCUT2D eigenvalue weighted by Gasteiger charge is -2.20. The summed E-state index contributed by atoms with van der Waals surface area (Å²) in [5, 5.41) is 8.51. The molecule has 0 rings (SSSR count). The molecule has 0 bridgehead atoms. The molecule has 0 fully saturated rings. The number of hydrogen-bond donors (Lipinski definition) is 1. The number of rotatable bonds is 6. The normalized spacial score (nSPS) is 12.2. The molecule has 0 radical (unpaired) electrons. The predicted octanol–water partition coefficient (Wildman–Crippen LogP) is 1.36. The fraction of sp³-hybridized carbons (Fsp3) is 0.800. The van der Waals surface area contributed by atoms with Gasteiger partial charge in [-0.25, -0.2) is 0 Å². The van der Waals surface area contributed by atoms with Crippen molar-refractivity contribution in [3.05, 3.63) is 0 Å². The lowest BCUT2D eigenvalue weighted by Crippen LogP contribution is -2.32. The summed E-state index contributed by atoms with van der Waals surface area (Å²) < 4.78 is 0. The largest absolute Gasteiger partial charge is 0.481 e. The van der Waals surface area contributed by atoms with Crippen molar-refractivity contribution in [3.8, 4) is 0 Å². The van der Waals surface area contributed by atoms with Crippen LogP contribution in [0.3, 0.4) is 0 Å². The number of amides is 1. The third-order valence-electron chi connectivity index (χ3n) is 2.40. The molecule has 0 aromatic heterocycles. The number of carbonyl (C=O) groups is 2. The highest BCUT2D eigenvalue weighted by Crippen LogP contribution is 2.13. The molecule has 0 unspecified atom stereocenters. The predicted molar refractivity (Wildman–Crippen MR) is 54.0 cm³/mol. The molecule has 0 aromatic rings. The zero-order chi connectivity index (χ0) is 11.1.